The summed E-state index contributed by atoms with van der Waals surface area (Å²) in [5.74, 6) is -0.593. The van der Waals surface area contributed by atoms with E-state index >= 15 is 0 Å². The standard InChI is InChI=1S/C15H18FN3OS/c1-19-7-3-4-9(19)8-18-15(20)14-13(17)12-10(16)5-2-6-11(12)21-14/h2,5-6,9H,3-4,7-8,17H2,1H3,(H,18,20). The van der Waals surface area contributed by atoms with E-state index in [0.717, 1.165) is 19.4 Å². The minimum atomic E-state index is -0.379. The van der Waals surface area contributed by atoms with Crippen LogP contribution in [0.3, 0.4) is 0 Å². The van der Waals surface area contributed by atoms with Gasteiger partial charge in [0.05, 0.1) is 11.1 Å². The summed E-state index contributed by atoms with van der Waals surface area (Å²) in [5, 5.41) is 3.27. The van der Waals surface area contributed by atoms with Crippen molar-refractivity contribution >= 4 is 33.0 Å². The number of halogens is 1. The van der Waals surface area contributed by atoms with Crippen LogP contribution in [-0.2, 0) is 0 Å². The first-order valence-electron chi connectivity index (χ1n) is 7.03. The lowest BCUT2D eigenvalue weighted by Gasteiger charge is -2.19. The first kappa shape index (κ1) is 14.3. The molecule has 3 N–H and O–H groups in total. The van der Waals surface area contributed by atoms with Gasteiger partial charge in [0.25, 0.3) is 5.91 Å². The Bertz CT molecular complexity index is 685. The van der Waals surface area contributed by atoms with Crippen LogP contribution in [0.4, 0.5) is 10.1 Å². The number of hydrogen-bond acceptors (Lipinski definition) is 4. The third kappa shape index (κ3) is 2.61. The third-order valence-electron chi connectivity index (χ3n) is 4.08. The molecule has 1 aliphatic rings. The number of carbonyl (C=O) groups is 1. The summed E-state index contributed by atoms with van der Waals surface area (Å²) in [6.45, 7) is 1.67. The van der Waals surface area contributed by atoms with Crippen molar-refractivity contribution in [3.63, 3.8) is 0 Å². The van der Waals surface area contributed by atoms with E-state index in [-0.39, 0.29) is 17.4 Å². The monoisotopic (exact) mass is 307 g/mol. The Labute approximate surface area is 126 Å². The average molecular weight is 307 g/mol. The molecule has 2 heterocycles. The normalized spacial score (nSPS) is 19.2. The second-order valence-electron chi connectivity index (χ2n) is 5.44. The Kier molecular flexibility index (Phi) is 3.82. The number of anilines is 1. The molecule has 0 aliphatic carbocycles. The smallest absolute Gasteiger partial charge is 0.263 e. The molecule has 4 nitrogen and oxygen atoms in total. The number of thiophene rings is 1. The van der Waals surface area contributed by atoms with Gasteiger partial charge in [0, 0.05) is 17.3 Å². The van der Waals surface area contributed by atoms with Crippen LogP contribution in [0.25, 0.3) is 10.1 Å². The molecule has 1 atom stereocenters. The highest BCUT2D eigenvalue weighted by molar-refractivity contribution is 7.21. The van der Waals surface area contributed by atoms with Crippen LogP contribution >= 0.6 is 11.3 Å². The highest BCUT2D eigenvalue weighted by atomic mass is 32.1. The maximum atomic E-state index is 13.8. The number of likely N-dealkylation sites (N-methyl/N-ethyl adjacent to an activating group) is 1. The molecule has 1 amide bonds. The fraction of sp³-hybridized carbons (Fsp3) is 0.400. The Morgan fingerprint density at radius 2 is 2.38 bits per heavy atom. The first-order valence-corrected chi connectivity index (χ1v) is 7.84. The summed E-state index contributed by atoms with van der Waals surface area (Å²) in [6, 6.07) is 5.14. The van der Waals surface area contributed by atoms with E-state index in [1.54, 1.807) is 12.1 Å². The van der Waals surface area contributed by atoms with E-state index in [9.17, 15) is 9.18 Å². The van der Waals surface area contributed by atoms with Gasteiger partial charge in [-0.25, -0.2) is 4.39 Å². The SMILES string of the molecule is CN1CCCC1CNC(=O)c1sc2cccc(F)c2c1N. The maximum absolute atomic E-state index is 13.8. The predicted octanol–water partition coefficient (Wildman–Crippen LogP) is 2.45. The number of hydrogen-bond donors (Lipinski definition) is 2. The molecular formula is C15H18FN3OS. The fourth-order valence-corrected chi connectivity index (χ4v) is 3.88. The topological polar surface area (TPSA) is 58.4 Å². The number of nitrogens with one attached hydrogen (secondary N) is 1. The van der Waals surface area contributed by atoms with Gasteiger partial charge in [-0.3, -0.25) is 4.79 Å². The summed E-state index contributed by atoms with van der Waals surface area (Å²) >= 11 is 1.24. The summed E-state index contributed by atoms with van der Waals surface area (Å²) < 4.78 is 14.5. The van der Waals surface area contributed by atoms with Gasteiger partial charge < -0.3 is 16.0 Å². The van der Waals surface area contributed by atoms with E-state index in [4.69, 9.17) is 5.73 Å². The second-order valence-corrected chi connectivity index (χ2v) is 6.50. The second kappa shape index (κ2) is 5.61. The molecule has 1 aromatic heterocycles. The number of rotatable bonds is 3. The summed E-state index contributed by atoms with van der Waals surface area (Å²) in [4.78, 5) is 14.9. The van der Waals surface area contributed by atoms with Crippen molar-refractivity contribution in [2.24, 2.45) is 0 Å². The first-order chi connectivity index (χ1) is 10.1. The van der Waals surface area contributed by atoms with Crippen molar-refractivity contribution in [1.82, 2.24) is 10.2 Å². The molecular weight excluding hydrogens is 289 g/mol. The van der Waals surface area contributed by atoms with Crippen LogP contribution < -0.4 is 11.1 Å². The molecule has 2 aromatic rings. The van der Waals surface area contributed by atoms with E-state index < -0.39 is 0 Å². The van der Waals surface area contributed by atoms with Crippen LogP contribution in [-0.4, -0.2) is 37.0 Å². The van der Waals surface area contributed by atoms with Gasteiger partial charge in [-0.1, -0.05) is 6.07 Å². The Morgan fingerprint density at radius 1 is 1.57 bits per heavy atom. The number of nitrogens with zero attached hydrogens (tertiary/aromatic N) is 1. The van der Waals surface area contributed by atoms with Crippen LogP contribution in [0.1, 0.15) is 22.5 Å². The average Bonchev–Trinajstić information content (AvgIpc) is 3.01. The zero-order valence-corrected chi connectivity index (χ0v) is 12.7. The van der Waals surface area contributed by atoms with E-state index in [0.29, 0.717) is 27.5 Å². The van der Waals surface area contributed by atoms with Crippen molar-refractivity contribution in [3.8, 4) is 0 Å². The van der Waals surface area contributed by atoms with Gasteiger partial charge in [0.1, 0.15) is 10.7 Å². The fourth-order valence-electron chi connectivity index (χ4n) is 2.83. The minimum absolute atomic E-state index is 0.214. The zero-order chi connectivity index (χ0) is 15.0. The van der Waals surface area contributed by atoms with E-state index in [1.165, 1.54) is 17.4 Å². The molecule has 6 heteroatoms. The highest BCUT2D eigenvalue weighted by Crippen LogP contribution is 2.35. The van der Waals surface area contributed by atoms with Crippen molar-refractivity contribution in [2.75, 3.05) is 25.9 Å². The van der Waals surface area contributed by atoms with Gasteiger partial charge in [0.15, 0.2) is 0 Å². The summed E-state index contributed by atoms with van der Waals surface area (Å²) in [7, 11) is 2.06. The molecule has 21 heavy (non-hydrogen) atoms. The Morgan fingerprint density at radius 3 is 3.05 bits per heavy atom. The largest absolute Gasteiger partial charge is 0.397 e. The van der Waals surface area contributed by atoms with Crippen LogP contribution in [0.2, 0.25) is 0 Å². The molecule has 112 valence electrons. The molecule has 0 spiro atoms. The lowest BCUT2D eigenvalue weighted by atomic mass is 10.2. The Hall–Kier alpha value is -1.66. The molecule has 3 rings (SSSR count). The quantitative estimate of drug-likeness (QED) is 0.916. The van der Waals surface area contributed by atoms with E-state index in [2.05, 4.69) is 17.3 Å². The minimum Gasteiger partial charge on any atom is -0.397 e. The van der Waals surface area contributed by atoms with Gasteiger partial charge in [-0.15, -0.1) is 11.3 Å². The molecule has 1 aromatic carbocycles. The maximum Gasteiger partial charge on any atom is 0.263 e. The number of fused-ring (bicyclic) bond motifs is 1. The number of nitrogen functional groups attached to an aromatic ring is 1. The predicted molar refractivity (Wildman–Crippen MR) is 84.2 cm³/mol. The van der Waals surface area contributed by atoms with Crippen molar-refractivity contribution in [2.45, 2.75) is 18.9 Å². The van der Waals surface area contributed by atoms with Gasteiger partial charge in [-0.05, 0) is 38.6 Å². The van der Waals surface area contributed by atoms with Crippen LogP contribution in [0.15, 0.2) is 18.2 Å². The molecule has 0 radical (unpaired) electrons. The molecule has 0 bridgehead atoms. The highest BCUT2D eigenvalue weighted by Gasteiger charge is 2.23. The summed E-state index contributed by atoms with van der Waals surface area (Å²) in [5.41, 5.74) is 6.19. The number of carbonyl (C=O) groups excluding carboxylic acids is 1. The number of benzene rings is 1. The Balaban J connectivity index is 1.78. The zero-order valence-electron chi connectivity index (χ0n) is 11.9. The lowest BCUT2D eigenvalue weighted by Crippen LogP contribution is -2.38. The number of nitrogens with two attached hydrogens (primary N) is 1. The number of amides is 1. The van der Waals surface area contributed by atoms with Crippen LogP contribution in [0, 0.1) is 5.82 Å². The van der Waals surface area contributed by atoms with Crippen molar-refractivity contribution < 1.29 is 9.18 Å². The van der Waals surface area contributed by atoms with Crippen molar-refractivity contribution in [3.05, 3.63) is 28.9 Å². The van der Waals surface area contributed by atoms with Gasteiger partial charge >= 0.3 is 0 Å². The van der Waals surface area contributed by atoms with Gasteiger partial charge in [0.2, 0.25) is 0 Å². The number of likely N-dealkylation sites (tertiary alicyclic amines) is 1. The molecule has 0 saturated carbocycles. The summed E-state index contributed by atoms with van der Waals surface area (Å²) in [6.07, 6.45) is 2.25. The third-order valence-corrected chi connectivity index (χ3v) is 5.25. The van der Waals surface area contributed by atoms with Crippen molar-refractivity contribution in [1.29, 1.82) is 0 Å². The molecule has 1 aliphatic heterocycles. The lowest BCUT2D eigenvalue weighted by molar-refractivity contribution is 0.0948. The molecule has 1 saturated heterocycles. The molecule has 1 unspecified atom stereocenters. The molecule has 1 fully saturated rings. The van der Waals surface area contributed by atoms with Gasteiger partial charge in [-0.2, -0.15) is 0 Å². The van der Waals surface area contributed by atoms with Crippen LogP contribution in [0.5, 0.6) is 0 Å². The van der Waals surface area contributed by atoms with E-state index in [1.807, 2.05) is 0 Å².